The van der Waals surface area contributed by atoms with Crippen molar-refractivity contribution >= 4 is 45.3 Å². The zero-order valence-electron chi connectivity index (χ0n) is 17.1. The van der Waals surface area contributed by atoms with Gasteiger partial charge in [-0.1, -0.05) is 29.5 Å². The average molecular weight is 455 g/mol. The summed E-state index contributed by atoms with van der Waals surface area (Å²) in [5.41, 5.74) is 2.89. The largest absolute Gasteiger partial charge is 0.336 e. The van der Waals surface area contributed by atoms with Crippen LogP contribution in [-0.4, -0.2) is 45.2 Å². The third-order valence-electron chi connectivity index (χ3n) is 5.73. The number of aryl methyl sites for hydroxylation is 3. The molecule has 0 bridgehead atoms. The highest BCUT2D eigenvalue weighted by Crippen LogP contribution is 2.35. The molecule has 2 aromatic heterocycles. The number of fused-ring (bicyclic) bond motifs is 3. The van der Waals surface area contributed by atoms with Gasteiger partial charge in [0.1, 0.15) is 4.83 Å². The quantitative estimate of drug-likeness (QED) is 0.483. The monoisotopic (exact) mass is 454 g/mol. The molecule has 1 N–H and O–H groups in total. The number of nitrogens with one attached hydrogen (secondary N) is 1. The molecule has 2 aliphatic rings. The molecule has 1 fully saturated rings. The lowest BCUT2D eigenvalue weighted by molar-refractivity contribution is -0.124. The number of thiophene rings is 1. The summed E-state index contributed by atoms with van der Waals surface area (Å²) in [6.07, 6.45) is 4.13. The second-order valence-corrected chi connectivity index (χ2v) is 9.85. The molecule has 1 aliphatic heterocycles. The highest BCUT2D eigenvalue weighted by molar-refractivity contribution is 7.99. The van der Waals surface area contributed by atoms with E-state index in [4.69, 9.17) is 4.98 Å². The van der Waals surface area contributed by atoms with Gasteiger partial charge in [-0.2, -0.15) is 0 Å². The molecule has 3 heterocycles. The van der Waals surface area contributed by atoms with Crippen molar-refractivity contribution in [3.63, 3.8) is 0 Å². The van der Waals surface area contributed by atoms with Gasteiger partial charge in [0.2, 0.25) is 5.91 Å². The molecule has 0 spiro atoms. The molecule has 5 rings (SSSR count). The second-order valence-electron chi connectivity index (χ2n) is 7.83. The minimum atomic E-state index is -0.365. The molecule has 3 amide bonds. The molecule has 1 aliphatic carbocycles. The van der Waals surface area contributed by atoms with Crippen LogP contribution in [0.4, 0.5) is 4.79 Å². The van der Waals surface area contributed by atoms with Crippen molar-refractivity contribution in [1.29, 1.82) is 0 Å². The first kappa shape index (κ1) is 20.3. The molecular formula is C22H22N4O3S2. The number of rotatable bonds is 4. The van der Waals surface area contributed by atoms with Crippen LogP contribution in [0.25, 0.3) is 15.9 Å². The van der Waals surface area contributed by atoms with E-state index in [0.29, 0.717) is 18.2 Å². The number of benzene rings is 1. The fourth-order valence-corrected chi connectivity index (χ4v) is 6.31. The van der Waals surface area contributed by atoms with Crippen LogP contribution in [-0.2, 0) is 17.6 Å². The molecule has 1 saturated heterocycles. The van der Waals surface area contributed by atoms with E-state index in [9.17, 15) is 14.4 Å². The molecule has 0 unspecified atom stereocenters. The van der Waals surface area contributed by atoms with Gasteiger partial charge < -0.3 is 5.32 Å². The van der Waals surface area contributed by atoms with Gasteiger partial charge >= 0.3 is 6.03 Å². The number of thioether (sulfide) groups is 1. The summed E-state index contributed by atoms with van der Waals surface area (Å²) in [6, 6.07) is 7.37. The highest BCUT2D eigenvalue weighted by Gasteiger charge is 2.27. The first-order valence-corrected chi connectivity index (χ1v) is 12.2. The maximum atomic E-state index is 13.7. The standard InChI is InChI=1S/C22H22N4O3S2/c1-13-6-8-14(9-7-13)26-20(28)18-15-4-2-3-5-16(15)31-19(18)24-22(26)30-12-17(27)25-11-10-23-21(25)29/h6-9H,2-5,10-12H2,1H3,(H,23,29). The Hall–Kier alpha value is -2.65. The van der Waals surface area contributed by atoms with Crippen LogP contribution >= 0.6 is 23.1 Å². The Morgan fingerprint density at radius 1 is 1.19 bits per heavy atom. The van der Waals surface area contributed by atoms with Crippen molar-refractivity contribution in [3.05, 3.63) is 50.6 Å². The van der Waals surface area contributed by atoms with Crippen LogP contribution in [0.3, 0.4) is 0 Å². The van der Waals surface area contributed by atoms with Crippen molar-refractivity contribution in [2.24, 2.45) is 0 Å². The number of carbonyl (C=O) groups is 2. The van der Waals surface area contributed by atoms with Gasteiger partial charge in [-0.05, 0) is 50.3 Å². The summed E-state index contributed by atoms with van der Waals surface area (Å²) in [4.78, 5) is 46.1. The van der Waals surface area contributed by atoms with E-state index in [1.165, 1.54) is 21.5 Å². The van der Waals surface area contributed by atoms with Crippen LogP contribution in [0.2, 0.25) is 0 Å². The summed E-state index contributed by atoms with van der Waals surface area (Å²) in [5, 5.41) is 3.84. The Morgan fingerprint density at radius 2 is 1.97 bits per heavy atom. The maximum Gasteiger partial charge on any atom is 0.324 e. The van der Waals surface area contributed by atoms with Crippen LogP contribution < -0.4 is 10.9 Å². The summed E-state index contributed by atoms with van der Waals surface area (Å²) >= 11 is 2.80. The lowest BCUT2D eigenvalue weighted by atomic mass is 9.97. The van der Waals surface area contributed by atoms with Crippen molar-refractivity contribution in [1.82, 2.24) is 19.8 Å². The predicted octanol–water partition coefficient (Wildman–Crippen LogP) is 3.28. The smallest absolute Gasteiger partial charge is 0.324 e. The number of amides is 3. The molecule has 7 nitrogen and oxygen atoms in total. The van der Waals surface area contributed by atoms with Gasteiger partial charge in [-0.15, -0.1) is 11.3 Å². The van der Waals surface area contributed by atoms with Crippen LogP contribution in [0, 0.1) is 6.92 Å². The fourth-order valence-electron chi connectivity index (χ4n) is 4.12. The topological polar surface area (TPSA) is 84.3 Å². The van der Waals surface area contributed by atoms with Crippen molar-refractivity contribution in [2.75, 3.05) is 18.8 Å². The summed E-state index contributed by atoms with van der Waals surface area (Å²) in [7, 11) is 0. The Kier molecular flexibility index (Phi) is 5.31. The molecule has 31 heavy (non-hydrogen) atoms. The molecule has 160 valence electrons. The normalized spacial score (nSPS) is 15.9. The SMILES string of the molecule is Cc1ccc(-n2c(SCC(=O)N3CCNC3=O)nc3sc4c(c3c2=O)CCCC4)cc1. The molecule has 9 heteroatoms. The van der Waals surface area contributed by atoms with Gasteiger partial charge in [-0.3, -0.25) is 19.1 Å². The lowest BCUT2D eigenvalue weighted by Crippen LogP contribution is -2.35. The van der Waals surface area contributed by atoms with Crippen molar-refractivity contribution < 1.29 is 9.59 Å². The van der Waals surface area contributed by atoms with Gasteiger partial charge in [-0.25, -0.2) is 9.78 Å². The molecular weight excluding hydrogens is 432 g/mol. The summed E-state index contributed by atoms with van der Waals surface area (Å²) in [6.45, 7) is 2.83. The predicted molar refractivity (Wildman–Crippen MR) is 122 cm³/mol. The third kappa shape index (κ3) is 3.65. The van der Waals surface area contributed by atoms with E-state index < -0.39 is 0 Å². The van der Waals surface area contributed by atoms with Crippen molar-refractivity contribution in [2.45, 2.75) is 37.8 Å². The van der Waals surface area contributed by atoms with Crippen LogP contribution in [0.5, 0.6) is 0 Å². The first-order chi connectivity index (χ1) is 15.0. The van der Waals surface area contributed by atoms with E-state index in [-0.39, 0.29) is 23.3 Å². The summed E-state index contributed by atoms with van der Waals surface area (Å²) in [5.74, 6) is -0.238. The Labute approximate surface area is 187 Å². The van der Waals surface area contributed by atoms with E-state index in [2.05, 4.69) is 5.32 Å². The number of aromatic nitrogens is 2. The Morgan fingerprint density at radius 3 is 2.71 bits per heavy atom. The Balaban J connectivity index is 1.59. The molecule has 0 radical (unpaired) electrons. The number of urea groups is 1. The number of imide groups is 1. The van der Waals surface area contributed by atoms with Crippen LogP contribution in [0.1, 0.15) is 28.8 Å². The van der Waals surface area contributed by atoms with E-state index in [1.54, 1.807) is 15.9 Å². The first-order valence-electron chi connectivity index (χ1n) is 10.4. The number of hydrogen-bond donors (Lipinski definition) is 1. The molecule has 0 atom stereocenters. The molecule has 1 aromatic carbocycles. The summed E-state index contributed by atoms with van der Waals surface area (Å²) < 4.78 is 1.62. The average Bonchev–Trinajstić information content (AvgIpc) is 3.36. The number of hydrogen-bond acceptors (Lipinski definition) is 6. The van der Waals surface area contributed by atoms with E-state index in [0.717, 1.165) is 52.7 Å². The van der Waals surface area contributed by atoms with Gasteiger partial charge in [0.25, 0.3) is 5.56 Å². The third-order valence-corrected chi connectivity index (χ3v) is 7.84. The van der Waals surface area contributed by atoms with Crippen LogP contribution in [0.15, 0.2) is 34.2 Å². The molecule has 3 aromatic rings. The second kappa shape index (κ2) is 8.12. The Bertz CT molecular complexity index is 1250. The van der Waals surface area contributed by atoms with Gasteiger partial charge in [0, 0.05) is 18.0 Å². The number of carbonyl (C=O) groups excluding carboxylic acids is 2. The van der Waals surface area contributed by atoms with E-state index >= 15 is 0 Å². The highest BCUT2D eigenvalue weighted by atomic mass is 32.2. The maximum absolute atomic E-state index is 13.7. The fraction of sp³-hybridized carbons (Fsp3) is 0.364. The zero-order chi connectivity index (χ0) is 21.5. The zero-order valence-corrected chi connectivity index (χ0v) is 18.8. The minimum Gasteiger partial charge on any atom is -0.336 e. The number of nitrogens with zero attached hydrogens (tertiary/aromatic N) is 3. The van der Waals surface area contributed by atoms with Gasteiger partial charge in [0.15, 0.2) is 5.16 Å². The van der Waals surface area contributed by atoms with Gasteiger partial charge in [0.05, 0.1) is 16.8 Å². The van der Waals surface area contributed by atoms with E-state index in [1.807, 2.05) is 31.2 Å². The lowest BCUT2D eigenvalue weighted by Gasteiger charge is -2.15. The minimum absolute atomic E-state index is 0.0440. The van der Waals surface area contributed by atoms with Crippen molar-refractivity contribution in [3.8, 4) is 5.69 Å². The molecule has 0 saturated carbocycles.